The normalized spacial score (nSPS) is 11.1. The van der Waals surface area contributed by atoms with Gasteiger partial charge >= 0.3 is 11.9 Å². The lowest BCUT2D eigenvalue weighted by molar-refractivity contribution is -0.396. The molecule has 0 saturated heterocycles. The van der Waals surface area contributed by atoms with Gasteiger partial charge in [-0.15, -0.1) is 0 Å². The van der Waals surface area contributed by atoms with Crippen LogP contribution in [-0.4, -0.2) is 26.0 Å². The third-order valence-electron chi connectivity index (χ3n) is 1.87. The highest BCUT2D eigenvalue weighted by molar-refractivity contribution is 5.70. The van der Waals surface area contributed by atoms with Gasteiger partial charge in [0.1, 0.15) is 11.8 Å². The van der Waals surface area contributed by atoms with Crippen LogP contribution in [0, 0.1) is 10.1 Å². The molecule has 0 aliphatic rings. The molecule has 18 heavy (non-hydrogen) atoms. The van der Waals surface area contributed by atoms with E-state index in [0.717, 1.165) is 4.57 Å². The molecule has 7 nitrogen and oxygen atoms in total. The Labute approximate surface area is 104 Å². The molecule has 1 aromatic rings. The number of rotatable bonds is 4. The number of hydrogen-bond donors (Lipinski definition) is 0. The number of esters is 1. The molecule has 0 aliphatic carbocycles. The lowest BCUT2D eigenvalue weighted by Gasteiger charge is -2.18. The summed E-state index contributed by atoms with van der Waals surface area (Å²) in [4.78, 5) is 25.4. The molecule has 0 aliphatic heterocycles. The number of carbonyl (C=O) groups is 1. The van der Waals surface area contributed by atoms with Crippen molar-refractivity contribution in [2.75, 3.05) is 0 Å². The summed E-state index contributed by atoms with van der Waals surface area (Å²) < 4.78 is 6.21. The van der Waals surface area contributed by atoms with Crippen LogP contribution in [0.5, 0.6) is 0 Å². The lowest BCUT2D eigenvalue weighted by Crippen LogP contribution is -2.26. The number of aromatic nitrogens is 2. The first-order valence-corrected chi connectivity index (χ1v) is 5.29. The van der Waals surface area contributed by atoms with Crippen molar-refractivity contribution in [3.63, 3.8) is 0 Å². The molecule has 0 saturated carbocycles. The zero-order valence-corrected chi connectivity index (χ0v) is 10.5. The largest absolute Gasteiger partial charge is 0.458 e. The quantitative estimate of drug-likeness (QED) is 0.463. The average molecular weight is 253 g/mol. The summed E-state index contributed by atoms with van der Waals surface area (Å²) in [6.07, 6.45) is 2.76. The zero-order valence-electron chi connectivity index (χ0n) is 10.5. The van der Waals surface area contributed by atoms with Crippen LogP contribution in [0.3, 0.4) is 0 Å². The summed E-state index contributed by atoms with van der Waals surface area (Å²) in [5, 5.41) is 10.8. The highest BCUT2D eigenvalue weighted by Gasteiger charge is 2.23. The molecule has 0 spiro atoms. The molecule has 1 heterocycles. The van der Waals surface area contributed by atoms with Gasteiger partial charge in [-0.25, -0.2) is 9.36 Å². The molecule has 0 amide bonds. The van der Waals surface area contributed by atoms with Crippen molar-refractivity contribution < 1.29 is 14.5 Å². The van der Waals surface area contributed by atoms with E-state index in [0.29, 0.717) is 5.69 Å². The van der Waals surface area contributed by atoms with Crippen LogP contribution in [0.25, 0.3) is 6.08 Å². The number of carbonyl (C=O) groups excluding carboxylic acids is 1. The number of imidazole rings is 1. The first-order valence-electron chi connectivity index (χ1n) is 5.29. The van der Waals surface area contributed by atoms with Crippen molar-refractivity contribution in [1.82, 2.24) is 9.55 Å². The van der Waals surface area contributed by atoms with E-state index in [9.17, 15) is 14.9 Å². The fourth-order valence-corrected chi connectivity index (χ4v) is 1.30. The van der Waals surface area contributed by atoms with E-state index in [1.807, 2.05) is 0 Å². The molecule has 98 valence electrons. The van der Waals surface area contributed by atoms with Crippen LogP contribution >= 0.6 is 0 Å². The van der Waals surface area contributed by atoms with E-state index in [-0.39, 0.29) is 6.54 Å². The Hall–Kier alpha value is -2.18. The molecule has 1 aromatic heterocycles. The Balaban J connectivity index is 2.90. The summed E-state index contributed by atoms with van der Waals surface area (Å²) in [5.74, 6) is -0.964. The van der Waals surface area contributed by atoms with Gasteiger partial charge in [0, 0.05) is 0 Å². The number of ether oxygens (including phenoxy) is 1. The Morgan fingerprint density at radius 3 is 2.72 bits per heavy atom. The Morgan fingerprint density at radius 2 is 2.28 bits per heavy atom. The second-order valence-corrected chi connectivity index (χ2v) is 4.64. The van der Waals surface area contributed by atoms with Gasteiger partial charge in [-0.2, -0.15) is 0 Å². The Kier molecular flexibility index (Phi) is 3.85. The molecule has 0 atom stereocenters. The topological polar surface area (TPSA) is 87.3 Å². The molecule has 0 N–H and O–H groups in total. The Morgan fingerprint density at radius 1 is 1.67 bits per heavy atom. The molecule has 1 rings (SSSR count). The molecule has 0 radical (unpaired) electrons. The first kappa shape index (κ1) is 13.9. The summed E-state index contributed by atoms with van der Waals surface area (Å²) >= 11 is 0. The highest BCUT2D eigenvalue weighted by Crippen LogP contribution is 2.14. The number of nitro groups is 1. The second-order valence-electron chi connectivity index (χ2n) is 4.64. The number of hydrogen-bond acceptors (Lipinski definition) is 5. The summed E-state index contributed by atoms with van der Waals surface area (Å²) in [7, 11) is 0. The van der Waals surface area contributed by atoms with Crippen molar-refractivity contribution >= 4 is 18.0 Å². The van der Waals surface area contributed by atoms with E-state index in [4.69, 9.17) is 4.74 Å². The van der Waals surface area contributed by atoms with Crippen LogP contribution in [0.15, 0.2) is 12.8 Å². The van der Waals surface area contributed by atoms with Gasteiger partial charge in [-0.1, -0.05) is 11.6 Å². The van der Waals surface area contributed by atoms with E-state index in [2.05, 4.69) is 11.6 Å². The average Bonchev–Trinajstić information content (AvgIpc) is 2.57. The molecule has 0 unspecified atom stereocenters. The maximum absolute atomic E-state index is 11.6. The first-order chi connectivity index (χ1) is 8.23. The fourth-order valence-electron chi connectivity index (χ4n) is 1.30. The SMILES string of the molecule is C=Cc1cn(CC(=O)OC(C)(C)C)c([N+](=O)[O-])n1. The monoisotopic (exact) mass is 253 g/mol. The predicted octanol–water partition coefficient (Wildman–Crippen LogP) is 1.78. The van der Waals surface area contributed by atoms with Crippen LogP contribution in [0.1, 0.15) is 26.5 Å². The number of nitrogens with zero attached hydrogens (tertiary/aromatic N) is 3. The van der Waals surface area contributed by atoms with Crippen molar-refractivity contribution in [2.24, 2.45) is 0 Å². The van der Waals surface area contributed by atoms with Crippen LogP contribution in [0.2, 0.25) is 0 Å². The minimum Gasteiger partial charge on any atom is -0.458 e. The van der Waals surface area contributed by atoms with Crippen LogP contribution in [0.4, 0.5) is 5.95 Å². The molecule has 7 heteroatoms. The summed E-state index contributed by atoms with van der Waals surface area (Å²) in [6.45, 7) is 8.39. The minimum absolute atomic E-state index is 0.256. The maximum atomic E-state index is 11.6. The van der Waals surface area contributed by atoms with Crippen molar-refractivity contribution in [3.8, 4) is 0 Å². The lowest BCUT2D eigenvalue weighted by atomic mass is 10.2. The smallest absolute Gasteiger partial charge is 0.435 e. The minimum atomic E-state index is -0.655. The van der Waals surface area contributed by atoms with Gasteiger partial charge in [-0.05, 0) is 31.8 Å². The van der Waals surface area contributed by atoms with Crippen molar-refractivity contribution in [2.45, 2.75) is 32.9 Å². The van der Waals surface area contributed by atoms with Crippen molar-refractivity contribution in [1.29, 1.82) is 0 Å². The van der Waals surface area contributed by atoms with Crippen LogP contribution < -0.4 is 0 Å². The third kappa shape index (κ3) is 3.69. The standard InChI is InChI=1S/C11H15N3O4/c1-5-8-6-13(10(12-8)14(16)17)7-9(15)18-11(2,3)4/h5-6H,1,7H2,2-4H3. The molecule has 0 fully saturated rings. The van der Waals surface area contributed by atoms with E-state index in [1.165, 1.54) is 12.3 Å². The predicted molar refractivity (Wildman–Crippen MR) is 64.8 cm³/mol. The maximum Gasteiger partial charge on any atom is 0.435 e. The second kappa shape index (κ2) is 4.99. The van der Waals surface area contributed by atoms with E-state index >= 15 is 0 Å². The van der Waals surface area contributed by atoms with E-state index in [1.54, 1.807) is 20.8 Å². The summed E-state index contributed by atoms with van der Waals surface area (Å²) in [5.41, 5.74) is -0.293. The fraction of sp³-hybridized carbons (Fsp3) is 0.455. The zero-order chi connectivity index (χ0) is 13.9. The van der Waals surface area contributed by atoms with Gasteiger partial charge < -0.3 is 14.9 Å². The Bertz CT molecular complexity index is 485. The van der Waals surface area contributed by atoms with Gasteiger partial charge in [0.05, 0.1) is 0 Å². The van der Waals surface area contributed by atoms with Gasteiger partial charge in [-0.3, -0.25) is 0 Å². The van der Waals surface area contributed by atoms with Gasteiger partial charge in [0.15, 0.2) is 12.2 Å². The van der Waals surface area contributed by atoms with Crippen LogP contribution in [-0.2, 0) is 16.1 Å². The summed E-state index contributed by atoms with van der Waals surface area (Å²) in [6, 6.07) is 0. The highest BCUT2D eigenvalue weighted by atomic mass is 16.6. The molecule has 0 bridgehead atoms. The van der Waals surface area contributed by atoms with E-state index < -0.39 is 22.4 Å². The third-order valence-corrected chi connectivity index (χ3v) is 1.87. The van der Waals surface area contributed by atoms with Gasteiger partial charge in [0.2, 0.25) is 0 Å². The van der Waals surface area contributed by atoms with Crippen molar-refractivity contribution in [3.05, 3.63) is 28.6 Å². The van der Waals surface area contributed by atoms with Gasteiger partial charge in [0.25, 0.3) is 0 Å². The molecular weight excluding hydrogens is 238 g/mol. The molecular formula is C11H15N3O4. The molecule has 0 aromatic carbocycles.